The maximum atomic E-state index is 12.8. The molecule has 6 nitrogen and oxygen atoms in total. The number of rotatable bonds is 8. The average Bonchev–Trinajstić information content (AvgIpc) is 3.22. The second-order valence-corrected chi connectivity index (χ2v) is 8.17. The van der Waals surface area contributed by atoms with Crippen LogP contribution in [0, 0.1) is 5.92 Å². The van der Waals surface area contributed by atoms with Gasteiger partial charge in [-0.1, -0.05) is 35.9 Å². The summed E-state index contributed by atoms with van der Waals surface area (Å²) in [5.74, 6) is 0.600. The number of para-hydroxylation sites is 2. The molecule has 2 amide bonds. The van der Waals surface area contributed by atoms with E-state index in [-0.39, 0.29) is 18.2 Å². The van der Waals surface area contributed by atoms with Gasteiger partial charge >= 0.3 is 0 Å². The summed E-state index contributed by atoms with van der Waals surface area (Å²) < 4.78 is 11.4. The molecule has 0 unspecified atom stereocenters. The van der Waals surface area contributed by atoms with Crippen molar-refractivity contribution in [1.82, 2.24) is 0 Å². The SMILES string of the molecule is CCOc1ccccc1NC(=O)[C@H]1CC(=O)N(c2ccc(OCc3ccc(Cl)cc3)cc2)C1. The Morgan fingerprint density at radius 1 is 1.03 bits per heavy atom. The zero-order chi connectivity index (χ0) is 23.2. The summed E-state index contributed by atoms with van der Waals surface area (Å²) in [4.78, 5) is 27.1. The van der Waals surface area contributed by atoms with Crippen LogP contribution in [0.1, 0.15) is 18.9 Å². The summed E-state index contributed by atoms with van der Waals surface area (Å²) >= 11 is 5.91. The summed E-state index contributed by atoms with van der Waals surface area (Å²) in [7, 11) is 0. The van der Waals surface area contributed by atoms with E-state index in [2.05, 4.69) is 5.32 Å². The highest BCUT2D eigenvalue weighted by Gasteiger charge is 2.35. The number of hydrogen-bond donors (Lipinski definition) is 1. The molecular weight excluding hydrogens is 440 g/mol. The van der Waals surface area contributed by atoms with Crippen LogP contribution in [0.25, 0.3) is 0 Å². The molecule has 0 bridgehead atoms. The number of benzene rings is 3. The van der Waals surface area contributed by atoms with Gasteiger partial charge in [0, 0.05) is 23.7 Å². The molecule has 4 rings (SSSR count). The van der Waals surface area contributed by atoms with Crippen LogP contribution in [0.4, 0.5) is 11.4 Å². The number of hydrogen-bond acceptors (Lipinski definition) is 4. The monoisotopic (exact) mass is 464 g/mol. The van der Waals surface area contributed by atoms with Crippen molar-refractivity contribution < 1.29 is 19.1 Å². The number of halogens is 1. The van der Waals surface area contributed by atoms with E-state index < -0.39 is 5.92 Å². The van der Waals surface area contributed by atoms with Crippen LogP contribution >= 0.6 is 11.6 Å². The Morgan fingerprint density at radius 3 is 2.48 bits per heavy atom. The fraction of sp³-hybridized carbons (Fsp3) is 0.231. The Kier molecular flexibility index (Phi) is 7.15. The van der Waals surface area contributed by atoms with Crippen LogP contribution < -0.4 is 19.7 Å². The predicted octanol–water partition coefficient (Wildman–Crippen LogP) is 5.31. The molecule has 3 aromatic carbocycles. The lowest BCUT2D eigenvalue weighted by Crippen LogP contribution is -2.28. The maximum Gasteiger partial charge on any atom is 0.229 e. The molecule has 0 spiro atoms. The lowest BCUT2D eigenvalue weighted by Gasteiger charge is -2.18. The summed E-state index contributed by atoms with van der Waals surface area (Å²) in [6, 6.07) is 22.1. The third-order valence-electron chi connectivity index (χ3n) is 5.41. The van der Waals surface area contributed by atoms with E-state index in [1.165, 1.54) is 0 Å². The lowest BCUT2D eigenvalue weighted by molar-refractivity contribution is -0.122. The molecule has 1 saturated heterocycles. The van der Waals surface area contributed by atoms with Crippen molar-refractivity contribution in [3.63, 3.8) is 0 Å². The minimum atomic E-state index is -0.437. The molecular formula is C26H25ClN2O4. The van der Waals surface area contributed by atoms with Crippen LogP contribution in [-0.2, 0) is 16.2 Å². The summed E-state index contributed by atoms with van der Waals surface area (Å²) in [6.45, 7) is 3.14. The number of nitrogens with zero attached hydrogens (tertiary/aromatic N) is 1. The highest BCUT2D eigenvalue weighted by molar-refractivity contribution is 6.30. The van der Waals surface area contributed by atoms with Crippen molar-refractivity contribution in [1.29, 1.82) is 0 Å². The quantitative estimate of drug-likeness (QED) is 0.490. The number of nitrogens with one attached hydrogen (secondary N) is 1. The lowest BCUT2D eigenvalue weighted by atomic mass is 10.1. The summed E-state index contributed by atoms with van der Waals surface area (Å²) in [5.41, 5.74) is 2.36. The largest absolute Gasteiger partial charge is 0.492 e. The molecule has 0 aromatic heterocycles. The van der Waals surface area contributed by atoms with Gasteiger partial charge in [0.1, 0.15) is 18.1 Å². The van der Waals surface area contributed by atoms with Gasteiger partial charge in [0.25, 0.3) is 0 Å². The van der Waals surface area contributed by atoms with Crippen LogP contribution in [-0.4, -0.2) is 25.0 Å². The van der Waals surface area contributed by atoms with Crippen LogP contribution in [0.2, 0.25) is 5.02 Å². The van der Waals surface area contributed by atoms with E-state index in [4.69, 9.17) is 21.1 Å². The summed E-state index contributed by atoms with van der Waals surface area (Å²) in [6.07, 6.45) is 0.164. The zero-order valence-corrected chi connectivity index (χ0v) is 19.0. The van der Waals surface area contributed by atoms with E-state index in [0.29, 0.717) is 42.0 Å². The van der Waals surface area contributed by atoms with Gasteiger partial charge in [0.05, 0.1) is 18.2 Å². The van der Waals surface area contributed by atoms with Gasteiger partial charge in [-0.05, 0) is 61.0 Å². The normalized spacial score (nSPS) is 15.4. The Labute approximate surface area is 198 Å². The first-order chi connectivity index (χ1) is 16.0. The molecule has 1 heterocycles. The van der Waals surface area contributed by atoms with Gasteiger partial charge in [0.15, 0.2) is 0 Å². The van der Waals surface area contributed by atoms with E-state index in [9.17, 15) is 9.59 Å². The first-order valence-electron chi connectivity index (χ1n) is 10.8. The molecule has 7 heteroatoms. The van der Waals surface area contributed by atoms with Gasteiger partial charge < -0.3 is 19.7 Å². The van der Waals surface area contributed by atoms with Crippen LogP contribution in [0.15, 0.2) is 72.8 Å². The molecule has 33 heavy (non-hydrogen) atoms. The summed E-state index contributed by atoms with van der Waals surface area (Å²) in [5, 5.41) is 3.59. The maximum absolute atomic E-state index is 12.8. The number of anilines is 2. The first-order valence-corrected chi connectivity index (χ1v) is 11.2. The minimum absolute atomic E-state index is 0.0805. The smallest absolute Gasteiger partial charge is 0.229 e. The van der Waals surface area contributed by atoms with Gasteiger partial charge in [-0.15, -0.1) is 0 Å². The minimum Gasteiger partial charge on any atom is -0.492 e. The van der Waals surface area contributed by atoms with Gasteiger partial charge in [-0.3, -0.25) is 9.59 Å². The molecule has 0 radical (unpaired) electrons. The van der Waals surface area contributed by atoms with Crippen LogP contribution in [0.5, 0.6) is 11.5 Å². The van der Waals surface area contributed by atoms with E-state index in [1.54, 1.807) is 11.0 Å². The van der Waals surface area contributed by atoms with Crippen molar-refractivity contribution in [2.45, 2.75) is 20.0 Å². The highest BCUT2D eigenvalue weighted by atomic mass is 35.5. The van der Waals surface area contributed by atoms with Crippen molar-refractivity contribution in [2.75, 3.05) is 23.4 Å². The average molecular weight is 465 g/mol. The molecule has 1 fully saturated rings. The Bertz CT molecular complexity index is 1120. The van der Waals surface area contributed by atoms with Gasteiger partial charge in [-0.25, -0.2) is 0 Å². The van der Waals surface area contributed by atoms with Gasteiger partial charge in [-0.2, -0.15) is 0 Å². The molecule has 0 saturated carbocycles. The number of ether oxygens (including phenoxy) is 2. The molecule has 0 aliphatic carbocycles. The molecule has 1 atom stereocenters. The first kappa shape index (κ1) is 22.7. The topological polar surface area (TPSA) is 67.9 Å². The van der Waals surface area contributed by atoms with Crippen molar-refractivity contribution in [3.8, 4) is 11.5 Å². The van der Waals surface area contributed by atoms with E-state index in [0.717, 1.165) is 11.3 Å². The molecule has 170 valence electrons. The predicted molar refractivity (Wildman–Crippen MR) is 129 cm³/mol. The standard InChI is InChI=1S/C26H25ClN2O4/c1-2-32-24-6-4-3-5-23(24)28-26(31)19-15-25(30)29(16-19)21-11-13-22(14-12-21)33-17-18-7-9-20(27)10-8-18/h3-14,19H,2,15-17H2,1H3,(H,28,31)/t19-/m0/s1. The molecule has 1 N–H and O–H groups in total. The van der Waals surface area contributed by atoms with Crippen molar-refractivity contribution in [3.05, 3.63) is 83.4 Å². The third-order valence-corrected chi connectivity index (χ3v) is 5.66. The van der Waals surface area contributed by atoms with E-state index >= 15 is 0 Å². The highest BCUT2D eigenvalue weighted by Crippen LogP contribution is 2.29. The number of amides is 2. The number of carbonyl (C=O) groups excluding carboxylic acids is 2. The fourth-order valence-corrected chi connectivity index (χ4v) is 3.81. The fourth-order valence-electron chi connectivity index (χ4n) is 3.69. The van der Waals surface area contributed by atoms with Crippen molar-refractivity contribution >= 4 is 34.8 Å². The molecule has 1 aliphatic rings. The Balaban J connectivity index is 1.35. The molecule has 3 aromatic rings. The Morgan fingerprint density at radius 2 is 1.76 bits per heavy atom. The van der Waals surface area contributed by atoms with Crippen LogP contribution in [0.3, 0.4) is 0 Å². The van der Waals surface area contributed by atoms with Crippen molar-refractivity contribution in [2.24, 2.45) is 5.92 Å². The second-order valence-electron chi connectivity index (χ2n) is 7.73. The third kappa shape index (κ3) is 5.65. The molecule has 1 aliphatic heterocycles. The zero-order valence-electron chi connectivity index (χ0n) is 18.3. The second kappa shape index (κ2) is 10.4. The number of carbonyl (C=O) groups is 2. The van der Waals surface area contributed by atoms with Gasteiger partial charge in [0.2, 0.25) is 11.8 Å². The Hall–Kier alpha value is -3.51. The van der Waals surface area contributed by atoms with E-state index in [1.807, 2.05) is 73.7 Å².